The van der Waals surface area contributed by atoms with Gasteiger partial charge in [0, 0.05) is 11.8 Å². The van der Waals surface area contributed by atoms with Crippen molar-refractivity contribution in [2.75, 3.05) is 11.9 Å². The predicted octanol–water partition coefficient (Wildman–Crippen LogP) is 5.88. The number of benzene rings is 2. The Kier molecular flexibility index (Phi) is 7.96. The fourth-order valence-corrected chi connectivity index (χ4v) is 3.82. The Morgan fingerprint density at radius 1 is 1.34 bits per heavy atom. The van der Waals surface area contributed by atoms with Gasteiger partial charge in [-0.25, -0.2) is 0 Å². The van der Waals surface area contributed by atoms with Gasteiger partial charge < -0.3 is 10.1 Å². The second-order valence-electron chi connectivity index (χ2n) is 5.46. The first-order valence-corrected chi connectivity index (χ1v) is 9.83. The number of hydrogen-bond acceptors (Lipinski definition) is 5. The molecule has 2 rings (SSSR count). The summed E-state index contributed by atoms with van der Waals surface area (Å²) in [7, 11) is 0. The smallest absolute Gasteiger partial charge is 0.289 e. The van der Waals surface area contributed by atoms with Crippen molar-refractivity contribution in [2.24, 2.45) is 0 Å². The van der Waals surface area contributed by atoms with Crippen LogP contribution >= 0.6 is 43.5 Å². The molecule has 10 heteroatoms. The van der Waals surface area contributed by atoms with E-state index >= 15 is 0 Å². The summed E-state index contributed by atoms with van der Waals surface area (Å²) in [5.41, 5.74) is 0.155. The maximum atomic E-state index is 12.4. The van der Waals surface area contributed by atoms with Crippen LogP contribution in [0.25, 0.3) is 6.08 Å². The van der Waals surface area contributed by atoms with Gasteiger partial charge in [-0.2, -0.15) is 5.26 Å². The van der Waals surface area contributed by atoms with Gasteiger partial charge in [0.1, 0.15) is 29.0 Å². The molecule has 0 fully saturated rings. The summed E-state index contributed by atoms with van der Waals surface area (Å²) in [6.45, 7) is 3.90. The number of nitriles is 1. The van der Waals surface area contributed by atoms with E-state index in [1.54, 1.807) is 18.2 Å². The molecule has 0 aliphatic carbocycles. The third-order valence-electron chi connectivity index (χ3n) is 3.44. The van der Waals surface area contributed by atoms with Crippen molar-refractivity contribution in [2.45, 2.75) is 0 Å². The topological polar surface area (TPSA) is 105 Å². The third kappa shape index (κ3) is 5.90. The first kappa shape index (κ1) is 22.6. The van der Waals surface area contributed by atoms with Crippen molar-refractivity contribution in [1.29, 1.82) is 5.26 Å². The number of nitrogens with one attached hydrogen (secondary N) is 1. The largest absolute Gasteiger partial charge is 0.487 e. The Balaban J connectivity index is 2.29. The SMILES string of the molecule is C=CCOc1c(Br)cc(/C=C(\C#N)C(=O)Nc2ccc(Cl)c([N+](=O)[O-])c2)cc1Br. The van der Waals surface area contributed by atoms with E-state index in [1.807, 2.05) is 6.07 Å². The number of hydrogen-bond donors (Lipinski definition) is 1. The van der Waals surface area contributed by atoms with E-state index in [2.05, 4.69) is 43.8 Å². The van der Waals surface area contributed by atoms with Crippen LogP contribution in [0.1, 0.15) is 5.56 Å². The Bertz CT molecular complexity index is 1040. The molecule has 148 valence electrons. The van der Waals surface area contributed by atoms with Crippen LogP contribution in [0.15, 0.2) is 57.5 Å². The lowest BCUT2D eigenvalue weighted by Gasteiger charge is -2.10. The average molecular weight is 542 g/mol. The molecule has 0 aliphatic heterocycles. The first-order chi connectivity index (χ1) is 13.8. The van der Waals surface area contributed by atoms with Crippen molar-refractivity contribution >= 4 is 66.8 Å². The molecule has 7 nitrogen and oxygen atoms in total. The number of rotatable bonds is 7. The van der Waals surface area contributed by atoms with E-state index in [-0.39, 0.29) is 22.0 Å². The summed E-state index contributed by atoms with van der Waals surface area (Å²) in [5, 5.41) is 22.7. The zero-order valence-electron chi connectivity index (χ0n) is 14.6. The molecular weight excluding hydrogens is 529 g/mol. The summed E-state index contributed by atoms with van der Waals surface area (Å²) in [4.78, 5) is 22.7. The van der Waals surface area contributed by atoms with Crippen LogP contribution in [0, 0.1) is 21.4 Å². The molecule has 0 aliphatic rings. The van der Waals surface area contributed by atoms with Crippen molar-refractivity contribution in [3.8, 4) is 11.8 Å². The number of nitro groups is 1. The molecule has 2 aromatic rings. The van der Waals surface area contributed by atoms with Gasteiger partial charge in [-0.3, -0.25) is 14.9 Å². The van der Waals surface area contributed by atoms with Crippen LogP contribution in [-0.4, -0.2) is 17.4 Å². The summed E-state index contributed by atoms with van der Waals surface area (Å²) in [6, 6.07) is 9.00. The molecule has 0 spiro atoms. The van der Waals surface area contributed by atoms with Gasteiger partial charge in [0.05, 0.1) is 13.9 Å². The van der Waals surface area contributed by atoms with Crippen LogP contribution in [0.5, 0.6) is 5.75 Å². The highest BCUT2D eigenvalue weighted by Gasteiger charge is 2.16. The highest BCUT2D eigenvalue weighted by molar-refractivity contribution is 9.11. The van der Waals surface area contributed by atoms with Crippen LogP contribution in [0.3, 0.4) is 0 Å². The van der Waals surface area contributed by atoms with Crippen molar-refractivity contribution in [3.05, 3.63) is 78.2 Å². The van der Waals surface area contributed by atoms with Gasteiger partial charge in [-0.05, 0) is 67.8 Å². The molecule has 2 aromatic carbocycles. The second kappa shape index (κ2) is 10.2. The van der Waals surface area contributed by atoms with Gasteiger partial charge in [0.2, 0.25) is 0 Å². The lowest BCUT2D eigenvalue weighted by Crippen LogP contribution is -2.13. The number of carbonyl (C=O) groups is 1. The highest BCUT2D eigenvalue weighted by Crippen LogP contribution is 2.35. The van der Waals surface area contributed by atoms with Gasteiger partial charge in [-0.15, -0.1) is 0 Å². The van der Waals surface area contributed by atoms with Crippen molar-refractivity contribution in [3.63, 3.8) is 0 Å². The molecule has 0 atom stereocenters. The zero-order chi connectivity index (χ0) is 21.6. The van der Waals surface area contributed by atoms with Crippen LogP contribution in [0.2, 0.25) is 5.02 Å². The predicted molar refractivity (Wildman–Crippen MR) is 118 cm³/mol. The lowest BCUT2D eigenvalue weighted by atomic mass is 10.1. The number of nitrogens with zero attached hydrogens (tertiary/aromatic N) is 2. The van der Waals surface area contributed by atoms with E-state index in [4.69, 9.17) is 16.3 Å². The van der Waals surface area contributed by atoms with Gasteiger partial charge >= 0.3 is 0 Å². The molecule has 0 radical (unpaired) electrons. The number of amides is 1. The Morgan fingerprint density at radius 3 is 2.55 bits per heavy atom. The van der Waals surface area contributed by atoms with Gasteiger partial charge in [0.15, 0.2) is 0 Å². The maximum absolute atomic E-state index is 12.4. The van der Waals surface area contributed by atoms with Gasteiger partial charge in [-0.1, -0.05) is 24.3 Å². The van der Waals surface area contributed by atoms with Crippen molar-refractivity contribution in [1.82, 2.24) is 0 Å². The van der Waals surface area contributed by atoms with E-state index in [9.17, 15) is 20.2 Å². The van der Waals surface area contributed by atoms with Crippen LogP contribution in [0.4, 0.5) is 11.4 Å². The van der Waals surface area contributed by atoms with E-state index in [0.717, 1.165) is 6.07 Å². The number of ether oxygens (including phenoxy) is 1. The number of nitro benzene ring substituents is 1. The third-order valence-corrected chi connectivity index (χ3v) is 4.94. The molecule has 1 N–H and O–H groups in total. The molecule has 29 heavy (non-hydrogen) atoms. The normalized spacial score (nSPS) is 10.8. The molecule has 0 bridgehead atoms. The van der Waals surface area contributed by atoms with E-state index in [0.29, 0.717) is 26.9 Å². The molecule has 0 saturated heterocycles. The summed E-state index contributed by atoms with van der Waals surface area (Å²) >= 11 is 12.5. The summed E-state index contributed by atoms with van der Waals surface area (Å²) < 4.78 is 6.76. The molecule has 0 heterocycles. The van der Waals surface area contributed by atoms with E-state index < -0.39 is 10.8 Å². The Morgan fingerprint density at radius 2 is 2.00 bits per heavy atom. The highest BCUT2D eigenvalue weighted by atomic mass is 79.9. The average Bonchev–Trinajstić information content (AvgIpc) is 2.66. The molecule has 0 unspecified atom stereocenters. The summed E-state index contributed by atoms with van der Waals surface area (Å²) in [5.74, 6) is -0.165. The molecule has 0 aromatic heterocycles. The minimum atomic E-state index is -0.719. The van der Waals surface area contributed by atoms with Crippen LogP contribution < -0.4 is 10.1 Å². The summed E-state index contributed by atoms with van der Waals surface area (Å²) in [6.07, 6.45) is 2.98. The minimum absolute atomic E-state index is 0.0579. The zero-order valence-corrected chi connectivity index (χ0v) is 18.5. The fraction of sp³-hybridized carbons (Fsp3) is 0.0526. The molecule has 1 amide bonds. The standard InChI is InChI=1S/C19H12Br2ClN3O4/c1-2-5-29-18-14(20)7-11(8-15(18)21)6-12(10-23)19(26)24-13-3-4-16(22)17(9-13)25(27)28/h2-4,6-9H,1,5H2,(H,24,26)/b12-6+. The molecule has 0 saturated carbocycles. The molecular formula is C19H12Br2ClN3O4. The monoisotopic (exact) mass is 539 g/mol. The van der Waals surface area contributed by atoms with E-state index in [1.165, 1.54) is 18.2 Å². The minimum Gasteiger partial charge on any atom is -0.487 e. The number of halogens is 3. The maximum Gasteiger partial charge on any atom is 0.289 e. The van der Waals surface area contributed by atoms with Gasteiger partial charge in [0.25, 0.3) is 11.6 Å². The van der Waals surface area contributed by atoms with Crippen molar-refractivity contribution < 1.29 is 14.5 Å². The quantitative estimate of drug-likeness (QED) is 0.155. The first-order valence-electron chi connectivity index (χ1n) is 7.86. The number of anilines is 1. The fourth-order valence-electron chi connectivity index (χ4n) is 2.19. The second-order valence-corrected chi connectivity index (χ2v) is 7.58. The Labute approximate surface area is 188 Å². The number of carbonyl (C=O) groups excluding carboxylic acids is 1. The lowest BCUT2D eigenvalue weighted by molar-refractivity contribution is -0.384. The van der Waals surface area contributed by atoms with Crippen LogP contribution in [-0.2, 0) is 4.79 Å². The Hall–Kier alpha value is -2.67.